The molecule has 0 spiro atoms. The van der Waals surface area contributed by atoms with Gasteiger partial charge in [0.1, 0.15) is 0 Å². The van der Waals surface area contributed by atoms with Crippen LogP contribution in [0.4, 0.5) is 18.9 Å². The van der Waals surface area contributed by atoms with E-state index in [1.165, 1.54) is 18.3 Å². The van der Waals surface area contributed by atoms with E-state index < -0.39 is 17.6 Å². The number of fused-ring (bicyclic) bond motifs is 1. The van der Waals surface area contributed by atoms with Crippen molar-refractivity contribution in [2.24, 2.45) is 0 Å². The number of pyridine rings is 1. The number of hydrogen-bond donors (Lipinski definition) is 1. The zero-order valence-electron chi connectivity index (χ0n) is 16.4. The molecule has 0 aliphatic rings. The number of carbonyl (C=O) groups excluding carboxylic acids is 1. The Morgan fingerprint density at radius 1 is 1.23 bits per heavy atom. The Kier molecular flexibility index (Phi) is 6.62. The highest BCUT2D eigenvalue weighted by Gasteiger charge is 2.30. The van der Waals surface area contributed by atoms with Crippen LogP contribution in [0, 0.1) is 6.92 Å². The van der Waals surface area contributed by atoms with Crippen LogP contribution in [0.3, 0.4) is 0 Å². The van der Waals surface area contributed by atoms with Crippen LogP contribution in [0.5, 0.6) is 0 Å². The Hall–Kier alpha value is -2.65. The second-order valence-electron chi connectivity index (χ2n) is 6.72. The summed E-state index contributed by atoms with van der Waals surface area (Å²) in [6.45, 7) is 3.06. The summed E-state index contributed by atoms with van der Waals surface area (Å²) in [5, 5.41) is 7.77. The Morgan fingerprint density at radius 2 is 1.93 bits per heavy atom. The van der Waals surface area contributed by atoms with Gasteiger partial charge < -0.3 is 10.1 Å². The van der Waals surface area contributed by atoms with Gasteiger partial charge in [-0.2, -0.15) is 18.3 Å². The van der Waals surface area contributed by atoms with Crippen molar-refractivity contribution in [3.05, 3.63) is 52.3 Å². The molecule has 0 radical (unpaired) electrons. The summed E-state index contributed by atoms with van der Waals surface area (Å²) in [5.74, 6) is -0.568. The van der Waals surface area contributed by atoms with Crippen molar-refractivity contribution in [3.8, 4) is 0 Å². The number of benzene rings is 1. The molecule has 0 bridgehead atoms. The van der Waals surface area contributed by atoms with Gasteiger partial charge in [-0.1, -0.05) is 11.6 Å². The predicted octanol–water partition coefficient (Wildman–Crippen LogP) is 5.09. The van der Waals surface area contributed by atoms with Crippen LogP contribution in [0.2, 0.25) is 5.02 Å². The van der Waals surface area contributed by atoms with Crippen LogP contribution >= 0.6 is 11.6 Å². The molecule has 2 heterocycles. The number of aryl methyl sites for hydroxylation is 2. The van der Waals surface area contributed by atoms with Crippen molar-refractivity contribution in [3.63, 3.8) is 0 Å². The number of anilines is 1. The number of aromatic nitrogens is 3. The van der Waals surface area contributed by atoms with E-state index in [-0.39, 0.29) is 16.3 Å². The third-order valence-electron chi connectivity index (χ3n) is 4.56. The van der Waals surface area contributed by atoms with Gasteiger partial charge in [0.15, 0.2) is 5.65 Å². The summed E-state index contributed by atoms with van der Waals surface area (Å²) in [4.78, 5) is 17.0. The maximum Gasteiger partial charge on any atom is 0.416 e. The fourth-order valence-electron chi connectivity index (χ4n) is 3.04. The highest BCUT2D eigenvalue weighted by Crippen LogP contribution is 2.31. The number of methoxy groups -OCH3 is 1. The van der Waals surface area contributed by atoms with E-state index in [1.807, 2.05) is 0 Å². The van der Waals surface area contributed by atoms with Crippen molar-refractivity contribution < 1.29 is 22.7 Å². The largest absolute Gasteiger partial charge is 0.416 e. The minimum Gasteiger partial charge on any atom is -0.385 e. The number of nitrogens with one attached hydrogen (secondary N) is 1. The van der Waals surface area contributed by atoms with Crippen LogP contribution in [-0.4, -0.2) is 34.4 Å². The number of alkyl halides is 3. The van der Waals surface area contributed by atoms with Crippen LogP contribution in [-0.2, 0) is 17.5 Å². The Morgan fingerprint density at radius 3 is 2.57 bits per heavy atom. The topological polar surface area (TPSA) is 69.0 Å². The molecule has 0 saturated heterocycles. The Balaban J connectivity index is 1.81. The van der Waals surface area contributed by atoms with Crippen molar-refractivity contribution in [2.45, 2.75) is 32.5 Å². The summed E-state index contributed by atoms with van der Waals surface area (Å²) >= 11 is 6.47. The minimum atomic E-state index is -4.44. The third kappa shape index (κ3) is 4.73. The number of unbranched alkanes of at least 4 members (excludes halogenated alkanes) is 1. The summed E-state index contributed by atoms with van der Waals surface area (Å²) in [6.07, 6.45) is -1.38. The summed E-state index contributed by atoms with van der Waals surface area (Å²) in [5.41, 5.74) is 0.746. The van der Waals surface area contributed by atoms with Gasteiger partial charge in [0, 0.05) is 32.1 Å². The molecule has 0 atom stereocenters. The van der Waals surface area contributed by atoms with Crippen LogP contribution < -0.4 is 5.32 Å². The number of halogens is 4. The van der Waals surface area contributed by atoms with E-state index >= 15 is 0 Å². The molecule has 0 fully saturated rings. The number of hydrogen-bond acceptors (Lipinski definition) is 4. The molecule has 1 N–H and O–H groups in total. The molecule has 0 saturated carbocycles. The standard InChI is InChI=1S/C20H20ClF3N4O2/c1-12-16-17(21)15(11-25-18(16)28(27-12)9-3-4-10-30-2)19(29)26-14-7-5-13(6-8-14)20(22,23)24/h5-8,11H,3-4,9-10H2,1-2H3,(H,26,29). The second-order valence-corrected chi connectivity index (χ2v) is 7.10. The Labute approximate surface area is 176 Å². The molecule has 0 aliphatic carbocycles. The van der Waals surface area contributed by atoms with Gasteiger partial charge in [-0.25, -0.2) is 9.67 Å². The smallest absolute Gasteiger partial charge is 0.385 e. The predicted molar refractivity (Wildman–Crippen MR) is 108 cm³/mol. The van der Waals surface area contributed by atoms with Crippen molar-refractivity contribution in [2.75, 3.05) is 19.0 Å². The summed E-state index contributed by atoms with van der Waals surface area (Å²) in [7, 11) is 1.64. The SMILES string of the molecule is COCCCCn1nc(C)c2c(Cl)c(C(=O)Nc3ccc(C(F)(F)F)cc3)cnc21. The first-order valence-electron chi connectivity index (χ1n) is 9.21. The lowest BCUT2D eigenvalue weighted by Gasteiger charge is -2.10. The molecule has 0 aliphatic heterocycles. The van der Waals surface area contributed by atoms with E-state index in [1.54, 1.807) is 18.7 Å². The van der Waals surface area contributed by atoms with Crippen LogP contribution in [0.25, 0.3) is 11.0 Å². The first kappa shape index (κ1) is 22.0. The normalized spacial score (nSPS) is 11.8. The zero-order chi connectivity index (χ0) is 21.9. The quantitative estimate of drug-likeness (QED) is 0.519. The zero-order valence-corrected chi connectivity index (χ0v) is 17.1. The van der Waals surface area contributed by atoms with Gasteiger partial charge >= 0.3 is 6.18 Å². The molecular formula is C20H20ClF3N4O2. The van der Waals surface area contributed by atoms with Crippen molar-refractivity contribution >= 4 is 34.2 Å². The average Bonchev–Trinajstić information content (AvgIpc) is 3.01. The molecule has 2 aromatic heterocycles. The fraction of sp³-hybridized carbons (Fsp3) is 0.350. The lowest BCUT2D eigenvalue weighted by Crippen LogP contribution is -2.14. The molecule has 6 nitrogen and oxygen atoms in total. The third-order valence-corrected chi connectivity index (χ3v) is 4.95. The number of rotatable bonds is 7. The van der Waals surface area contributed by atoms with Gasteiger partial charge in [0.05, 0.1) is 27.2 Å². The molecule has 1 aromatic carbocycles. The fourth-order valence-corrected chi connectivity index (χ4v) is 3.39. The molecule has 10 heteroatoms. The maximum atomic E-state index is 12.7. The molecule has 30 heavy (non-hydrogen) atoms. The highest BCUT2D eigenvalue weighted by molar-refractivity contribution is 6.39. The number of carbonyl (C=O) groups is 1. The van der Waals surface area contributed by atoms with Gasteiger partial charge in [0.25, 0.3) is 5.91 Å². The van der Waals surface area contributed by atoms with Gasteiger partial charge in [-0.3, -0.25) is 4.79 Å². The van der Waals surface area contributed by atoms with Gasteiger partial charge in [-0.15, -0.1) is 0 Å². The first-order chi connectivity index (χ1) is 14.2. The Bertz CT molecular complexity index is 1050. The maximum absolute atomic E-state index is 12.7. The molecule has 0 unspecified atom stereocenters. The lowest BCUT2D eigenvalue weighted by molar-refractivity contribution is -0.137. The summed E-state index contributed by atoms with van der Waals surface area (Å²) < 4.78 is 44.8. The van der Waals surface area contributed by atoms with Crippen LogP contribution in [0.1, 0.15) is 34.5 Å². The second kappa shape index (κ2) is 9.01. The van der Waals surface area contributed by atoms with E-state index in [0.717, 1.165) is 25.0 Å². The number of amides is 1. The van der Waals surface area contributed by atoms with Crippen molar-refractivity contribution in [1.29, 1.82) is 0 Å². The van der Waals surface area contributed by atoms with Gasteiger partial charge in [0.2, 0.25) is 0 Å². The minimum absolute atomic E-state index is 0.117. The lowest BCUT2D eigenvalue weighted by atomic mass is 10.1. The molecule has 3 aromatic rings. The first-order valence-corrected chi connectivity index (χ1v) is 9.59. The van der Waals surface area contributed by atoms with Crippen molar-refractivity contribution in [1.82, 2.24) is 14.8 Å². The molecule has 1 amide bonds. The van der Waals surface area contributed by atoms with E-state index in [2.05, 4.69) is 15.4 Å². The molecule has 160 valence electrons. The van der Waals surface area contributed by atoms with E-state index in [4.69, 9.17) is 16.3 Å². The number of nitrogens with zero attached hydrogens (tertiary/aromatic N) is 3. The highest BCUT2D eigenvalue weighted by atomic mass is 35.5. The molecular weight excluding hydrogens is 421 g/mol. The molecule has 3 rings (SSSR count). The average molecular weight is 441 g/mol. The van der Waals surface area contributed by atoms with E-state index in [9.17, 15) is 18.0 Å². The van der Waals surface area contributed by atoms with E-state index in [0.29, 0.717) is 29.9 Å². The summed E-state index contributed by atoms with van der Waals surface area (Å²) in [6, 6.07) is 4.17. The van der Waals surface area contributed by atoms with Gasteiger partial charge in [-0.05, 0) is 44.0 Å². The monoisotopic (exact) mass is 440 g/mol. The van der Waals surface area contributed by atoms with Crippen LogP contribution in [0.15, 0.2) is 30.5 Å². The number of ether oxygens (including phenoxy) is 1.